The fourth-order valence-electron chi connectivity index (χ4n) is 2.31. The van der Waals surface area contributed by atoms with Crippen LogP contribution >= 0.6 is 0 Å². The first-order valence-electron chi connectivity index (χ1n) is 6.95. The van der Waals surface area contributed by atoms with Crippen molar-refractivity contribution >= 4 is 5.69 Å². The summed E-state index contributed by atoms with van der Waals surface area (Å²) in [4.78, 5) is 10.7. The molecule has 1 heterocycles. The Balaban J connectivity index is 1.88. The van der Waals surface area contributed by atoms with Gasteiger partial charge in [0.15, 0.2) is 0 Å². The number of nitro benzene ring substituents is 1. The normalized spacial score (nSPS) is 14.4. The summed E-state index contributed by atoms with van der Waals surface area (Å²) < 4.78 is 1.60. The molecule has 0 spiro atoms. The number of nitrogens with one attached hydrogen (secondary N) is 1. The van der Waals surface area contributed by atoms with Gasteiger partial charge in [0.2, 0.25) is 0 Å². The van der Waals surface area contributed by atoms with Gasteiger partial charge in [-0.25, -0.2) is 4.68 Å². The zero-order valence-electron chi connectivity index (χ0n) is 12.0. The smallest absolute Gasteiger partial charge is 0.274 e. The number of benzene rings is 1. The molecular formula is C14H17N5O2. The second-order valence-electron chi connectivity index (χ2n) is 5.49. The topological polar surface area (TPSA) is 85.9 Å². The van der Waals surface area contributed by atoms with Crippen LogP contribution in [-0.2, 0) is 6.54 Å². The predicted octanol–water partition coefficient (Wildman–Crippen LogP) is 2.04. The minimum Gasteiger partial charge on any atom is -0.308 e. The number of hydrogen-bond acceptors (Lipinski definition) is 5. The van der Waals surface area contributed by atoms with Gasteiger partial charge in [0, 0.05) is 24.2 Å². The standard InChI is InChI=1S/C14H17N5O2/c1-9-5-10(2)14(19(20)21)6-13(9)18-8-12(16-17-18)7-15-11-3-4-11/h5-6,8,11,15H,3-4,7H2,1-2H3. The van der Waals surface area contributed by atoms with Crippen molar-refractivity contribution in [2.75, 3.05) is 0 Å². The molecule has 0 radical (unpaired) electrons. The van der Waals surface area contributed by atoms with Crippen LogP contribution in [0, 0.1) is 24.0 Å². The van der Waals surface area contributed by atoms with Crippen LogP contribution in [0.1, 0.15) is 29.7 Å². The number of nitro groups is 1. The average Bonchev–Trinajstić information content (AvgIpc) is 3.14. The highest BCUT2D eigenvalue weighted by Crippen LogP contribution is 2.25. The predicted molar refractivity (Wildman–Crippen MR) is 77.3 cm³/mol. The fourth-order valence-corrected chi connectivity index (χ4v) is 2.31. The Morgan fingerprint density at radius 1 is 1.38 bits per heavy atom. The Labute approximate surface area is 122 Å². The largest absolute Gasteiger partial charge is 0.308 e. The van der Waals surface area contributed by atoms with E-state index in [9.17, 15) is 10.1 Å². The monoisotopic (exact) mass is 287 g/mol. The molecule has 1 fully saturated rings. The van der Waals surface area contributed by atoms with Gasteiger partial charge in [0.1, 0.15) is 0 Å². The van der Waals surface area contributed by atoms with Crippen LogP contribution in [0.25, 0.3) is 5.69 Å². The van der Waals surface area contributed by atoms with Crippen LogP contribution in [0.3, 0.4) is 0 Å². The lowest BCUT2D eigenvalue weighted by molar-refractivity contribution is -0.385. The molecule has 2 aromatic rings. The van der Waals surface area contributed by atoms with Crippen molar-refractivity contribution in [2.45, 2.75) is 39.3 Å². The molecule has 7 nitrogen and oxygen atoms in total. The maximum absolute atomic E-state index is 11.1. The Kier molecular flexibility index (Phi) is 3.42. The van der Waals surface area contributed by atoms with Gasteiger partial charge in [-0.2, -0.15) is 0 Å². The molecule has 3 rings (SSSR count). The molecule has 1 aliphatic carbocycles. The van der Waals surface area contributed by atoms with Crippen LogP contribution < -0.4 is 5.32 Å². The van der Waals surface area contributed by atoms with Gasteiger partial charge >= 0.3 is 0 Å². The number of aryl methyl sites for hydroxylation is 2. The first kappa shape index (κ1) is 13.7. The van der Waals surface area contributed by atoms with Crippen LogP contribution in [-0.4, -0.2) is 26.0 Å². The van der Waals surface area contributed by atoms with Crippen molar-refractivity contribution in [2.24, 2.45) is 0 Å². The molecule has 0 amide bonds. The van der Waals surface area contributed by atoms with E-state index in [1.807, 2.05) is 13.1 Å². The third-order valence-electron chi connectivity index (χ3n) is 3.65. The molecule has 1 aliphatic rings. The SMILES string of the molecule is Cc1cc(C)c([N+](=O)[O-])cc1-n1cc(CNC2CC2)nn1. The number of nitrogens with zero attached hydrogens (tertiary/aromatic N) is 4. The summed E-state index contributed by atoms with van der Waals surface area (Å²) in [6.07, 6.45) is 4.26. The summed E-state index contributed by atoms with van der Waals surface area (Å²) in [5.74, 6) is 0. The van der Waals surface area contributed by atoms with Crippen molar-refractivity contribution < 1.29 is 4.92 Å². The number of hydrogen-bond donors (Lipinski definition) is 1. The average molecular weight is 287 g/mol. The molecule has 110 valence electrons. The Bertz CT molecular complexity index is 691. The highest BCUT2D eigenvalue weighted by Gasteiger charge is 2.21. The van der Waals surface area contributed by atoms with Crippen molar-refractivity contribution in [1.82, 2.24) is 20.3 Å². The summed E-state index contributed by atoms with van der Waals surface area (Å²) in [7, 11) is 0. The van der Waals surface area contributed by atoms with E-state index in [4.69, 9.17) is 0 Å². The van der Waals surface area contributed by atoms with Gasteiger partial charge in [-0.15, -0.1) is 5.10 Å². The lowest BCUT2D eigenvalue weighted by Crippen LogP contribution is -2.15. The number of rotatable bonds is 5. The summed E-state index contributed by atoms with van der Waals surface area (Å²) >= 11 is 0. The number of aromatic nitrogens is 3. The molecule has 0 atom stereocenters. The van der Waals surface area contributed by atoms with E-state index in [2.05, 4.69) is 15.6 Å². The Hall–Kier alpha value is -2.28. The first-order valence-corrected chi connectivity index (χ1v) is 6.95. The quantitative estimate of drug-likeness (QED) is 0.672. The van der Waals surface area contributed by atoms with Gasteiger partial charge in [-0.3, -0.25) is 10.1 Å². The second kappa shape index (κ2) is 5.25. The molecule has 1 aromatic heterocycles. The molecule has 0 unspecified atom stereocenters. The lowest BCUT2D eigenvalue weighted by Gasteiger charge is -2.06. The fraction of sp³-hybridized carbons (Fsp3) is 0.429. The van der Waals surface area contributed by atoms with E-state index in [0.29, 0.717) is 23.8 Å². The van der Waals surface area contributed by atoms with Crippen molar-refractivity contribution in [3.8, 4) is 5.69 Å². The highest BCUT2D eigenvalue weighted by molar-refractivity contribution is 5.53. The van der Waals surface area contributed by atoms with E-state index in [1.54, 1.807) is 23.7 Å². The molecule has 21 heavy (non-hydrogen) atoms. The van der Waals surface area contributed by atoms with Gasteiger partial charge in [0.05, 0.1) is 22.5 Å². The first-order chi connectivity index (χ1) is 10.0. The van der Waals surface area contributed by atoms with Crippen molar-refractivity contribution in [3.63, 3.8) is 0 Å². The van der Waals surface area contributed by atoms with E-state index in [1.165, 1.54) is 12.8 Å². The minimum atomic E-state index is -0.370. The van der Waals surface area contributed by atoms with E-state index >= 15 is 0 Å². The van der Waals surface area contributed by atoms with Crippen LogP contribution in [0.5, 0.6) is 0 Å². The Morgan fingerprint density at radius 2 is 2.14 bits per heavy atom. The molecule has 0 saturated heterocycles. The highest BCUT2D eigenvalue weighted by atomic mass is 16.6. The Morgan fingerprint density at radius 3 is 2.81 bits per heavy atom. The summed E-state index contributed by atoms with van der Waals surface area (Å²) in [5.41, 5.74) is 3.22. The van der Waals surface area contributed by atoms with E-state index < -0.39 is 0 Å². The second-order valence-corrected chi connectivity index (χ2v) is 5.49. The third kappa shape index (κ3) is 2.92. The van der Waals surface area contributed by atoms with Crippen LogP contribution in [0.4, 0.5) is 5.69 Å². The third-order valence-corrected chi connectivity index (χ3v) is 3.65. The van der Waals surface area contributed by atoms with Gasteiger partial charge in [-0.1, -0.05) is 5.21 Å². The van der Waals surface area contributed by atoms with Crippen molar-refractivity contribution in [3.05, 3.63) is 45.3 Å². The zero-order chi connectivity index (χ0) is 15.0. The van der Waals surface area contributed by atoms with Gasteiger partial charge < -0.3 is 5.32 Å². The molecule has 1 saturated carbocycles. The van der Waals surface area contributed by atoms with E-state index in [-0.39, 0.29) is 10.6 Å². The summed E-state index contributed by atoms with van der Waals surface area (Å²) in [6, 6.07) is 3.96. The molecule has 0 aliphatic heterocycles. The molecule has 7 heteroatoms. The molecule has 1 N–H and O–H groups in total. The molecule has 1 aromatic carbocycles. The zero-order valence-corrected chi connectivity index (χ0v) is 12.0. The van der Waals surface area contributed by atoms with Gasteiger partial charge in [0.25, 0.3) is 5.69 Å². The summed E-state index contributed by atoms with van der Waals surface area (Å²) in [5, 5.41) is 22.6. The molecular weight excluding hydrogens is 270 g/mol. The maximum atomic E-state index is 11.1. The molecule has 0 bridgehead atoms. The van der Waals surface area contributed by atoms with E-state index in [0.717, 1.165) is 11.3 Å². The minimum absolute atomic E-state index is 0.101. The van der Waals surface area contributed by atoms with Gasteiger partial charge in [-0.05, 0) is 38.3 Å². The lowest BCUT2D eigenvalue weighted by atomic mass is 10.1. The van der Waals surface area contributed by atoms with Crippen LogP contribution in [0.15, 0.2) is 18.3 Å². The van der Waals surface area contributed by atoms with Crippen molar-refractivity contribution in [1.29, 1.82) is 0 Å². The maximum Gasteiger partial charge on any atom is 0.274 e. The summed E-state index contributed by atoms with van der Waals surface area (Å²) in [6.45, 7) is 4.33. The van der Waals surface area contributed by atoms with Crippen LogP contribution in [0.2, 0.25) is 0 Å².